The molecule has 2 aliphatic heterocycles. The molecule has 2 aliphatic rings. The van der Waals surface area contributed by atoms with E-state index in [2.05, 4.69) is 9.88 Å². The van der Waals surface area contributed by atoms with E-state index in [-0.39, 0.29) is 17.7 Å². The highest BCUT2D eigenvalue weighted by molar-refractivity contribution is 7.08. The molecule has 0 saturated carbocycles. The van der Waals surface area contributed by atoms with E-state index in [0.29, 0.717) is 19.6 Å². The second kappa shape index (κ2) is 10.6. The van der Waals surface area contributed by atoms with Gasteiger partial charge in [-0.2, -0.15) is 24.5 Å². The molecule has 2 aromatic rings. The highest BCUT2D eigenvalue weighted by Crippen LogP contribution is 2.45. The Balaban J connectivity index is 0.000000429. The minimum atomic E-state index is -5.08. The summed E-state index contributed by atoms with van der Waals surface area (Å²) < 4.78 is 31.7. The molecule has 2 fully saturated rings. The number of likely N-dealkylation sites (tertiary alicyclic amines) is 1. The summed E-state index contributed by atoms with van der Waals surface area (Å²) in [5, 5.41) is 11.0. The largest absolute Gasteiger partial charge is 0.490 e. The fraction of sp³-hybridized carbons (Fsp3) is 0.478. The first-order valence-electron chi connectivity index (χ1n) is 10.9. The number of fused-ring (bicyclic) bond motifs is 1. The van der Waals surface area contributed by atoms with Crippen molar-refractivity contribution in [1.29, 1.82) is 0 Å². The summed E-state index contributed by atoms with van der Waals surface area (Å²) >= 11 is 1.54. The van der Waals surface area contributed by atoms with Gasteiger partial charge >= 0.3 is 12.1 Å². The van der Waals surface area contributed by atoms with E-state index >= 15 is 0 Å². The lowest BCUT2D eigenvalue weighted by atomic mass is 9.74. The third kappa shape index (κ3) is 5.92. The second-order valence-corrected chi connectivity index (χ2v) is 9.57. The van der Waals surface area contributed by atoms with Gasteiger partial charge in [-0.3, -0.25) is 9.59 Å². The number of carbonyl (C=O) groups is 3. The average Bonchev–Trinajstić information content (AvgIpc) is 3.44. The molecule has 0 unspecified atom stereocenters. The topological polar surface area (TPSA) is 94.1 Å². The van der Waals surface area contributed by atoms with Crippen molar-refractivity contribution in [2.75, 3.05) is 45.2 Å². The molecule has 35 heavy (non-hydrogen) atoms. The second-order valence-electron chi connectivity index (χ2n) is 8.79. The van der Waals surface area contributed by atoms with Crippen LogP contribution in [0.15, 0.2) is 41.2 Å². The molecule has 0 aliphatic carbocycles. The number of pyridine rings is 1. The van der Waals surface area contributed by atoms with Gasteiger partial charge in [-0.25, -0.2) is 9.78 Å². The van der Waals surface area contributed by atoms with Crippen molar-refractivity contribution in [3.8, 4) is 0 Å². The number of anilines is 1. The van der Waals surface area contributed by atoms with Crippen LogP contribution in [0.25, 0.3) is 0 Å². The SMILES string of the molecule is CN(C)C(=O)[C@]12CCCN(C(=O)c3ccsc3)C[C@H]1CN(c1ccccn1)C2.O=C(O)C(F)(F)F. The smallest absolute Gasteiger partial charge is 0.475 e. The normalized spacial score (nSPS) is 21.9. The van der Waals surface area contributed by atoms with Gasteiger partial charge in [0.2, 0.25) is 5.91 Å². The van der Waals surface area contributed by atoms with Gasteiger partial charge in [-0.15, -0.1) is 0 Å². The van der Waals surface area contributed by atoms with Crippen LogP contribution in [0.5, 0.6) is 0 Å². The molecular formula is C23H27F3N4O4S. The molecule has 2 saturated heterocycles. The number of carboxylic acids is 1. The van der Waals surface area contributed by atoms with Gasteiger partial charge in [-0.1, -0.05) is 6.07 Å². The summed E-state index contributed by atoms with van der Waals surface area (Å²) in [5.41, 5.74) is 0.279. The van der Waals surface area contributed by atoms with Crippen molar-refractivity contribution in [3.05, 3.63) is 46.8 Å². The van der Waals surface area contributed by atoms with Crippen molar-refractivity contribution >= 4 is 34.9 Å². The predicted octanol–water partition coefficient (Wildman–Crippen LogP) is 3.22. The number of halogens is 3. The fourth-order valence-electron chi connectivity index (χ4n) is 4.70. The van der Waals surface area contributed by atoms with Crippen LogP contribution in [0.3, 0.4) is 0 Å². The zero-order valence-corrected chi connectivity index (χ0v) is 20.2. The first-order valence-corrected chi connectivity index (χ1v) is 11.9. The summed E-state index contributed by atoms with van der Waals surface area (Å²) in [7, 11) is 3.66. The van der Waals surface area contributed by atoms with E-state index in [1.54, 1.807) is 11.1 Å². The van der Waals surface area contributed by atoms with Crippen LogP contribution in [0, 0.1) is 11.3 Å². The molecule has 2 amide bonds. The minimum absolute atomic E-state index is 0.0747. The van der Waals surface area contributed by atoms with Crippen LogP contribution in [0.1, 0.15) is 23.2 Å². The quantitative estimate of drug-likeness (QED) is 0.679. The van der Waals surface area contributed by atoms with Crippen LogP contribution in [0.2, 0.25) is 0 Å². The Morgan fingerprint density at radius 2 is 1.91 bits per heavy atom. The van der Waals surface area contributed by atoms with E-state index in [1.807, 2.05) is 54.0 Å². The standard InChI is InChI=1S/C21H26N4O2S.C2HF3O2/c1-23(2)20(27)21-8-5-10-24(19(26)16-7-11-28-14-16)12-17(21)13-25(15-21)18-6-3-4-9-22-18;3-2(4,5)1(6)7/h3-4,6-7,9,11,14,17H,5,8,10,12-13,15H2,1-2H3;(H,6,7)/t17-,21-;/m0./s1. The molecule has 0 bridgehead atoms. The van der Waals surface area contributed by atoms with Crippen LogP contribution in [0.4, 0.5) is 19.0 Å². The molecule has 2 aromatic heterocycles. The number of amides is 2. The zero-order valence-electron chi connectivity index (χ0n) is 19.4. The summed E-state index contributed by atoms with van der Waals surface area (Å²) in [6.07, 6.45) is -1.66. The molecule has 2 atom stereocenters. The molecular weight excluding hydrogens is 485 g/mol. The van der Waals surface area contributed by atoms with Crippen LogP contribution < -0.4 is 4.90 Å². The van der Waals surface area contributed by atoms with Crippen molar-refractivity contribution < 1.29 is 32.7 Å². The van der Waals surface area contributed by atoms with Crippen molar-refractivity contribution in [2.24, 2.45) is 11.3 Å². The Morgan fingerprint density at radius 3 is 2.46 bits per heavy atom. The molecule has 12 heteroatoms. The first kappa shape index (κ1) is 26.5. The third-order valence-electron chi connectivity index (χ3n) is 6.29. The molecule has 0 aromatic carbocycles. The molecule has 190 valence electrons. The zero-order chi connectivity index (χ0) is 25.8. The van der Waals surface area contributed by atoms with Crippen LogP contribution in [-0.4, -0.2) is 84.1 Å². The Bertz CT molecular complexity index is 1030. The third-order valence-corrected chi connectivity index (χ3v) is 6.97. The average molecular weight is 513 g/mol. The molecule has 4 heterocycles. The van der Waals surface area contributed by atoms with Gasteiger partial charge in [0, 0.05) is 57.8 Å². The minimum Gasteiger partial charge on any atom is -0.475 e. The Kier molecular flexibility index (Phi) is 8.04. The molecule has 4 rings (SSSR count). The van der Waals surface area contributed by atoms with Crippen molar-refractivity contribution in [3.63, 3.8) is 0 Å². The summed E-state index contributed by atoms with van der Waals surface area (Å²) in [6, 6.07) is 7.75. The summed E-state index contributed by atoms with van der Waals surface area (Å²) in [5.74, 6) is -1.52. The molecule has 8 nitrogen and oxygen atoms in total. The van der Waals surface area contributed by atoms with E-state index in [4.69, 9.17) is 9.90 Å². The fourth-order valence-corrected chi connectivity index (χ4v) is 5.33. The first-order chi connectivity index (χ1) is 16.5. The molecule has 1 N–H and O–H groups in total. The van der Waals surface area contributed by atoms with Crippen LogP contribution >= 0.6 is 11.3 Å². The number of carbonyl (C=O) groups excluding carboxylic acids is 2. The van der Waals surface area contributed by atoms with Gasteiger partial charge in [0.15, 0.2) is 0 Å². The molecule has 0 radical (unpaired) electrons. The van der Waals surface area contributed by atoms with Gasteiger partial charge in [0.05, 0.1) is 11.0 Å². The maximum absolute atomic E-state index is 13.3. The number of alkyl halides is 3. The molecule has 0 spiro atoms. The highest BCUT2D eigenvalue weighted by Gasteiger charge is 2.54. The predicted molar refractivity (Wildman–Crippen MR) is 124 cm³/mol. The van der Waals surface area contributed by atoms with E-state index in [9.17, 15) is 22.8 Å². The van der Waals surface area contributed by atoms with E-state index < -0.39 is 17.6 Å². The number of rotatable bonds is 3. The Hall–Kier alpha value is -3.15. The van der Waals surface area contributed by atoms with Crippen molar-refractivity contribution in [2.45, 2.75) is 19.0 Å². The number of nitrogens with zero attached hydrogens (tertiary/aromatic N) is 4. The number of hydrogen-bond donors (Lipinski definition) is 1. The van der Waals surface area contributed by atoms with Gasteiger partial charge < -0.3 is 19.8 Å². The number of aromatic nitrogens is 1. The maximum Gasteiger partial charge on any atom is 0.490 e. The van der Waals surface area contributed by atoms with Gasteiger partial charge in [0.1, 0.15) is 5.82 Å². The lowest BCUT2D eigenvalue weighted by Crippen LogP contribution is -2.47. The number of aliphatic carboxylic acids is 1. The lowest BCUT2D eigenvalue weighted by molar-refractivity contribution is -0.192. The lowest BCUT2D eigenvalue weighted by Gasteiger charge is -2.34. The number of thiophene rings is 1. The van der Waals surface area contributed by atoms with E-state index in [0.717, 1.165) is 30.8 Å². The summed E-state index contributed by atoms with van der Waals surface area (Å²) in [4.78, 5) is 45.5. The van der Waals surface area contributed by atoms with Crippen LogP contribution in [-0.2, 0) is 9.59 Å². The van der Waals surface area contributed by atoms with Gasteiger partial charge in [-0.05, 0) is 36.4 Å². The Labute approximate surface area is 205 Å². The highest BCUT2D eigenvalue weighted by atomic mass is 32.1. The monoisotopic (exact) mass is 512 g/mol. The van der Waals surface area contributed by atoms with Crippen molar-refractivity contribution in [1.82, 2.24) is 14.8 Å². The number of carboxylic acid groups (broad SMARTS) is 1. The van der Waals surface area contributed by atoms with Gasteiger partial charge in [0.25, 0.3) is 5.91 Å². The Morgan fingerprint density at radius 1 is 1.20 bits per heavy atom. The van der Waals surface area contributed by atoms with E-state index in [1.165, 1.54) is 11.3 Å². The summed E-state index contributed by atoms with van der Waals surface area (Å²) in [6.45, 7) is 2.71. The number of hydrogen-bond acceptors (Lipinski definition) is 6. The maximum atomic E-state index is 13.3.